The Bertz CT molecular complexity index is 408. The van der Waals surface area contributed by atoms with Crippen LogP contribution in [-0.4, -0.2) is 63.1 Å². The van der Waals surface area contributed by atoms with Crippen molar-refractivity contribution in [1.29, 1.82) is 0 Å². The molecule has 0 aromatic heterocycles. The number of amides is 1. The van der Waals surface area contributed by atoms with Crippen molar-refractivity contribution in [2.75, 3.05) is 31.6 Å². The molecule has 1 rings (SSSR count). The first-order chi connectivity index (χ1) is 8.09. The van der Waals surface area contributed by atoms with E-state index in [1.165, 1.54) is 0 Å². The molecule has 0 saturated carbocycles. The van der Waals surface area contributed by atoms with Gasteiger partial charge >= 0.3 is 6.18 Å². The van der Waals surface area contributed by atoms with Crippen LogP contribution in [0.25, 0.3) is 0 Å². The van der Waals surface area contributed by atoms with E-state index < -0.39 is 34.5 Å². The van der Waals surface area contributed by atoms with E-state index in [1.54, 1.807) is 0 Å². The fourth-order valence-corrected chi connectivity index (χ4v) is 3.17. The lowest BCUT2D eigenvalue weighted by atomic mass is 10.2. The van der Waals surface area contributed by atoms with E-state index in [2.05, 4.69) is 5.32 Å². The molecule has 18 heavy (non-hydrogen) atoms. The number of alkyl halides is 3. The van der Waals surface area contributed by atoms with Gasteiger partial charge in [0.05, 0.1) is 11.5 Å². The van der Waals surface area contributed by atoms with Crippen molar-refractivity contribution in [3.8, 4) is 0 Å². The molecule has 1 unspecified atom stereocenters. The van der Waals surface area contributed by atoms with Gasteiger partial charge in [-0.3, -0.25) is 4.79 Å². The Labute approximate surface area is 103 Å². The second-order valence-corrected chi connectivity index (χ2v) is 6.56. The Morgan fingerprint density at radius 1 is 1.44 bits per heavy atom. The van der Waals surface area contributed by atoms with Crippen LogP contribution in [0.1, 0.15) is 6.42 Å². The molecule has 1 fully saturated rings. The maximum Gasteiger partial charge on any atom is 0.406 e. The second kappa shape index (κ2) is 5.43. The molecule has 1 heterocycles. The van der Waals surface area contributed by atoms with Crippen LogP contribution in [0.4, 0.5) is 13.2 Å². The Kier molecular flexibility index (Phi) is 4.60. The second-order valence-electron chi connectivity index (χ2n) is 4.33. The molecule has 9 heteroatoms. The van der Waals surface area contributed by atoms with Gasteiger partial charge in [-0.25, -0.2) is 8.42 Å². The van der Waals surface area contributed by atoms with Crippen molar-refractivity contribution >= 4 is 15.7 Å². The summed E-state index contributed by atoms with van der Waals surface area (Å²) in [4.78, 5) is 12.0. The number of nitrogens with zero attached hydrogens (tertiary/aromatic N) is 1. The average Bonchev–Trinajstić information content (AvgIpc) is 2.12. The number of hydrogen-bond donors (Lipinski definition) is 1. The lowest BCUT2D eigenvalue weighted by Crippen LogP contribution is -2.48. The molecule has 0 radical (unpaired) electrons. The van der Waals surface area contributed by atoms with Gasteiger partial charge < -0.3 is 10.2 Å². The number of hydrogen-bond acceptors (Lipinski definition) is 4. The Morgan fingerprint density at radius 3 is 2.56 bits per heavy atom. The van der Waals surface area contributed by atoms with Crippen molar-refractivity contribution in [1.82, 2.24) is 10.2 Å². The zero-order valence-electron chi connectivity index (χ0n) is 9.83. The molecule has 0 aromatic carbocycles. The van der Waals surface area contributed by atoms with Gasteiger partial charge in [0.2, 0.25) is 5.91 Å². The Hall–Kier alpha value is -0.830. The van der Waals surface area contributed by atoms with E-state index >= 15 is 0 Å². The first kappa shape index (κ1) is 15.2. The highest BCUT2D eigenvalue weighted by molar-refractivity contribution is 7.91. The predicted molar refractivity (Wildman–Crippen MR) is 58.8 cm³/mol. The minimum Gasteiger partial charge on any atom is -0.337 e. The molecule has 0 bridgehead atoms. The summed E-state index contributed by atoms with van der Waals surface area (Å²) in [7, 11) is -2.15. The summed E-state index contributed by atoms with van der Waals surface area (Å²) in [5, 5.41) is 2.82. The van der Waals surface area contributed by atoms with Crippen molar-refractivity contribution in [2.24, 2.45) is 0 Å². The van der Waals surface area contributed by atoms with Crippen LogP contribution < -0.4 is 5.32 Å². The summed E-state index contributed by atoms with van der Waals surface area (Å²) in [5.74, 6) is -0.934. The van der Waals surface area contributed by atoms with Gasteiger partial charge in [-0.1, -0.05) is 0 Å². The Balaban J connectivity index is 2.49. The fourth-order valence-electron chi connectivity index (χ4n) is 1.72. The highest BCUT2D eigenvalue weighted by atomic mass is 32.2. The van der Waals surface area contributed by atoms with E-state index in [4.69, 9.17) is 0 Å². The summed E-state index contributed by atoms with van der Waals surface area (Å²) >= 11 is 0. The third-order valence-electron chi connectivity index (χ3n) is 2.56. The van der Waals surface area contributed by atoms with Crippen molar-refractivity contribution < 1.29 is 26.4 Å². The minimum absolute atomic E-state index is 0.00389. The number of carbonyl (C=O) groups excluding carboxylic acids is 1. The zero-order chi connectivity index (χ0) is 14.0. The summed E-state index contributed by atoms with van der Waals surface area (Å²) in [6.45, 7) is -1.10. The molecular weight excluding hydrogens is 273 g/mol. The molecule has 1 aliphatic rings. The van der Waals surface area contributed by atoms with Crippen LogP contribution in [0, 0.1) is 0 Å². The van der Waals surface area contributed by atoms with Gasteiger partial charge in [0, 0.05) is 26.1 Å². The predicted octanol–water partition coefficient (Wildman–Crippen LogP) is -0.216. The van der Waals surface area contributed by atoms with Crippen molar-refractivity contribution in [3.05, 3.63) is 0 Å². The number of halogens is 3. The molecule has 1 amide bonds. The normalized spacial score (nSPS) is 23.7. The smallest absolute Gasteiger partial charge is 0.337 e. The zero-order valence-corrected chi connectivity index (χ0v) is 10.6. The summed E-state index contributed by atoms with van der Waals surface area (Å²) in [5.41, 5.74) is 0. The molecule has 106 valence electrons. The van der Waals surface area contributed by atoms with Crippen LogP contribution >= 0.6 is 0 Å². The number of rotatable bonds is 3. The van der Waals surface area contributed by atoms with E-state index in [-0.39, 0.29) is 24.5 Å². The maximum absolute atomic E-state index is 12.1. The molecule has 1 saturated heterocycles. The third kappa shape index (κ3) is 5.21. The van der Waals surface area contributed by atoms with Gasteiger partial charge in [0.1, 0.15) is 6.54 Å². The quantitative estimate of drug-likeness (QED) is 0.780. The molecular formula is C9H15F3N2O3S. The number of nitrogens with one attached hydrogen (secondary N) is 1. The number of carbonyl (C=O) groups is 1. The van der Waals surface area contributed by atoms with Gasteiger partial charge in [-0.15, -0.1) is 0 Å². The lowest BCUT2D eigenvalue weighted by Gasteiger charge is -2.26. The third-order valence-corrected chi connectivity index (χ3v) is 4.30. The number of sulfone groups is 1. The van der Waals surface area contributed by atoms with Crippen LogP contribution in [0.15, 0.2) is 0 Å². The van der Waals surface area contributed by atoms with Crippen LogP contribution in [0.2, 0.25) is 0 Å². The topological polar surface area (TPSA) is 66.5 Å². The fraction of sp³-hybridized carbons (Fsp3) is 0.889. The van der Waals surface area contributed by atoms with E-state index in [0.29, 0.717) is 4.90 Å². The molecule has 1 aliphatic heterocycles. The summed E-state index contributed by atoms with van der Waals surface area (Å²) in [6, 6.07) is -0.605. The van der Waals surface area contributed by atoms with Gasteiger partial charge in [0.15, 0.2) is 9.84 Å². The summed E-state index contributed by atoms with van der Waals surface area (Å²) in [6.07, 6.45) is -4.69. The van der Waals surface area contributed by atoms with Crippen LogP contribution in [0.3, 0.4) is 0 Å². The largest absolute Gasteiger partial charge is 0.406 e. The van der Waals surface area contributed by atoms with Gasteiger partial charge in [0.25, 0.3) is 0 Å². The Morgan fingerprint density at radius 2 is 2.06 bits per heavy atom. The first-order valence-corrected chi connectivity index (χ1v) is 7.16. The molecule has 0 aliphatic carbocycles. The van der Waals surface area contributed by atoms with E-state index in [1.807, 2.05) is 0 Å². The lowest BCUT2D eigenvalue weighted by molar-refractivity contribution is -0.158. The molecule has 0 aromatic rings. The molecule has 1 atom stereocenters. The molecule has 5 nitrogen and oxygen atoms in total. The van der Waals surface area contributed by atoms with E-state index in [9.17, 15) is 26.4 Å². The van der Waals surface area contributed by atoms with Gasteiger partial charge in [-0.05, 0) is 0 Å². The first-order valence-electron chi connectivity index (χ1n) is 5.33. The highest BCUT2D eigenvalue weighted by Gasteiger charge is 2.33. The molecule has 1 N–H and O–H groups in total. The van der Waals surface area contributed by atoms with E-state index in [0.717, 1.165) is 7.05 Å². The highest BCUT2D eigenvalue weighted by Crippen LogP contribution is 2.16. The standard InChI is InChI=1S/C9H15F3N2O3S/c1-14(6-9(10,11)12)8(15)4-7-5-18(16,17)3-2-13-7/h7,13H,2-6H2,1H3. The maximum atomic E-state index is 12.1. The van der Waals surface area contributed by atoms with Crippen molar-refractivity contribution in [3.63, 3.8) is 0 Å². The average molecular weight is 288 g/mol. The monoisotopic (exact) mass is 288 g/mol. The summed E-state index contributed by atoms with van der Waals surface area (Å²) < 4.78 is 58.8. The van der Waals surface area contributed by atoms with Gasteiger partial charge in [-0.2, -0.15) is 13.2 Å². The van der Waals surface area contributed by atoms with Crippen molar-refractivity contribution in [2.45, 2.75) is 18.6 Å². The molecule has 0 spiro atoms. The SMILES string of the molecule is CN(CC(F)(F)F)C(=O)CC1CS(=O)(=O)CCN1. The van der Waals surface area contributed by atoms with Crippen LogP contribution in [-0.2, 0) is 14.6 Å². The minimum atomic E-state index is -4.45. The van der Waals surface area contributed by atoms with Crippen LogP contribution in [0.5, 0.6) is 0 Å².